The molecule has 0 bridgehead atoms. The number of nitrogens with zero attached hydrogens (tertiary/aromatic N) is 1. The van der Waals surface area contributed by atoms with Crippen LogP contribution in [0.2, 0.25) is 0 Å². The van der Waals surface area contributed by atoms with Gasteiger partial charge in [0.15, 0.2) is 0 Å². The lowest BCUT2D eigenvalue weighted by Crippen LogP contribution is -2.35. The van der Waals surface area contributed by atoms with E-state index in [0.717, 1.165) is 31.5 Å². The summed E-state index contributed by atoms with van der Waals surface area (Å²) in [5.41, 5.74) is 0.738. The lowest BCUT2D eigenvalue weighted by atomic mass is 9.93. The van der Waals surface area contributed by atoms with Gasteiger partial charge in [-0.15, -0.1) is 0 Å². The zero-order valence-corrected chi connectivity index (χ0v) is 12.4. The van der Waals surface area contributed by atoms with Crippen molar-refractivity contribution in [1.29, 1.82) is 0 Å². The molecule has 2 rings (SSSR count). The van der Waals surface area contributed by atoms with E-state index in [1.807, 2.05) is 0 Å². The summed E-state index contributed by atoms with van der Waals surface area (Å²) in [7, 11) is 0. The summed E-state index contributed by atoms with van der Waals surface area (Å²) in [5, 5.41) is 8.76. The van der Waals surface area contributed by atoms with Crippen LogP contribution in [0.3, 0.4) is 0 Å². The molecule has 1 heterocycles. The number of carboxylic acids is 1. The lowest BCUT2D eigenvalue weighted by Gasteiger charge is -2.33. The van der Waals surface area contributed by atoms with E-state index in [1.54, 1.807) is 24.3 Å². The minimum Gasteiger partial charge on any atom is -0.481 e. The van der Waals surface area contributed by atoms with Crippen LogP contribution in [-0.4, -0.2) is 35.7 Å². The second-order valence-electron chi connectivity index (χ2n) is 5.66. The molecule has 1 fully saturated rings. The first-order chi connectivity index (χ1) is 10.5. The number of rotatable bonds is 7. The molecule has 1 aliphatic heterocycles. The maximum atomic E-state index is 12.4. The van der Waals surface area contributed by atoms with Crippen molar-refractivity contribution in [2.24, 2.45) is 5.92 Å². The summed E-state index contributed by atoms with van der Waals surface area (Å²) in [6, 6.07) is 6.82. The molecule has 1 N–H and O–H groups in total. The van der Waals surface area contributed by atoms with Gasteiger partial charge in [-0.05, 0) is 37.8 Å². The second kappa shape index (κ2) is 8.08. The Bertz CT molecular complexity index is 496. The summed E-state index contributed by atoms with van der Waals surface area (Å²) < 4.78 is 29.4. The molecule has 1 saturated heterocycles. The number of carboxylic acid groups (broad SMARTS) is 1. The first-order valence-electron chi connectivity index (χ1n) is 7.51. The molecule has 22 heavy (non-hydrogen) atoms. The minimum absolute atomic E-state index is 0.184. The highest BCUT2D eigenvalue weighted by Gasteiger charge is 2.21. The molecule has 0 amide bonds. The zero-order valence-electron chi connectivity index (χ0n) is 12.4. The highest BCUT2D eigenvalue weighted by Crippen LogP contribution is 2.26. The Morgan fingerprint density at radius 2 is 2.18 bits per heavy atom. The van der Waals surface area contributed by atoms with E-state index < -0.39 is 12.6 Å². The molecule has 6 heteroatoms. The van der Waals surface area contributed by atoms with Crippen LogP contribution < -0.4 is 4.74 Å². The molecule has 0 radical (unpaired) electrons. The Kier molecular flexibility index (Phi) is 6.12. The van der Waals surface area contributed by atoms with Gasteiger partial charge in [-0.25, -0.2) is 0 Å². The van der Waals surface area contributed by atoms with Crippen LogP contribution in [0.4, 0.5) is 8.78 Å². The highest BCUT2D eigenvalue weighted by atomic mass is 19.3. The number of piperidine rings is 1. The molecule has 4 nitrogen and oxygen atoms in total. The molecule has 122 valence electrons. The Balaban J connectivity index is 1.94. The minimum atomic E-state index is -2.83. The lowest BCUT2D eigenvalue weighted by molar-refractivity contribution is -0.137. The number of hydrogen-bond acceptors (Lipinski definition) is 3. The van der Waals surface area contributed by atoms with Crippen molar-refractivity contribution in [3.63, 3.8) is 0 Å². The predicted molar refractivity (Wildman–Crippen MR) is 77.9 cm³/mol. The van der Waals surface area contributed by atoms with E-state index in [1.165, 1.54) is 0 Å². The largest absolute Gasteiger partial charge is 0.481 e. The van der Waals surface area contributed by atoms with E-state index in [0.29, 0.717) is 18.9 Å². The Morgan fingerprint density at radius 3 is 2.91 bits per heavy atom. The van der Waals surface area contributed by atoms with Gasteiger partial charge in [0.2, 0.25) is 0 Å². The number of hydrogen-bond donors (Lipinski definition) is 1. The van der Waals surface area contributed by atoms with E-state index in [9.17, 15) is 13.6 Å². The molecule has 1 unspecified atom stereocenters. The Labute approximate surface area is 128 Å². The summed E-state index contributed by atoms with van der Waals surface area (Å²) >= 11 is 0. The van der Waals surface area contributed by atoms with Gasteiger partial charge >= 0.3 is 12.6 Å². The smallest absolute Gasteiger partial charge is 0.387 e. The van der Waals surface area contributed by atoms with E-state index in [2.05, 4.69) is 9.64 Å². The SMILES string of the molecule is O=C(O)CCC1CCCN(Cc2ccccc2OC(F)F)C1. The van der Waals surface area contributed by atoms with Gasteiger partial charge in [-0.3, -0.25) is 9.69 Å². The van der Waals surface area contributed by atoms with Gasteiger partial charge in [-0.1, -0.05) is 18.2 Å². The molecule has 1 aliphatic rings. The maximum Gasteiger partial charge on any atom is 0.387 e. The molecular formula is C16H21F2NO3. The van der Waals surface area contributed by atoms with Gasteiger partial charge < -0.3 is 9.84 Å². The van der Waals surface area contributed by atoms with Gasteiger partial charge in [-0.2, -0.15) is 8.78 Å². The standard InChI is InChI=1S/C16H21F2NO3/c17-16(18)22-14-6-2-1-5-13(14)11-19-9-3-4-12(10-19)7-8-15(20)21/h1-2,5-6,12,16H,3-4,7-11H2,(H,20,21). The second-order valence-corrected chi connectivity index (χ2v) is 5.66. The fraction of sp³-hybridized carbons (Fsp3) is 0.562. The molecule has 0 spiro atoms. The number of likely N-dealkylation sites (tertiary alicyclic amines) is 1. The number of ether oxygens (including phenoxy) is 1. The highest BCUT2D eigenvalue weighted by molar-refractivity contribution is 5.66. The van der Waals surface area contributed by atoms with Crippen LogP contribution in [0.5, 0.6) is 5.75 Å². The van der Waals surface area contributed by atoms with Crippen LogP contribution in [0, 0.1) is 5.92 Å². The summed E-state index contributed by atoms with van der Waals surface area (Å²) in [5.74, 6) is -0.203. The van der Waals surface area contributed by atoms with E-state index in [-0.39, 0.29) is 12.2 Å². The van der Waals surface area contributed by atoms with Crippen LogP contribution in [0.15, 0.2) is 24.3 Å². The number of halogens is 2. The molecule has 1 atom stereocenters. The molecule has 0 saturated carbocycles. The van der Waals surface area contributed by atoms with Gasteiger partial charge in [0.25, 0.3) is 0 Å². The van der Waals surface area contributed by atoms with Crippen molar-refractivity contribution in [3.8, 4) is 5.75 Å². The molecule has 1 aromatic carbocycles. The molecule has 0 aliphatic carbocycles. The van der Waals surface area contributed by atoms with Crippen molar-refractivity contribution in [2.75, 3.05) is 13.1 Å². The van der Waals surface area contributed by atoms with Crippen molar-refractivity contribution < 1.29 is 23.4 Å². The number of alkyl halides is 2. The van der Waals surface area contributed by atoms with Crippen molar-refractivity contribution in [2.45, 2.75) is 38.8 Å². The Hall–Kier alpha value is -1.69. The summed E-state index contributed by atoms with van der Waals surface area (Å²) in [6.45, 7) is -0.583. The predicted octanol–water partition coefficient (Wildman–Crippen LogP) is 3.36. The number of benzene rings is 1. The molecule has 0 aromatic heterocycles. The number of para-hydroxylation sites is 1. The average molecular weight is 313 g/mol. The van der Waals surface area contributed by atoms with Gasteiger partial charge in [0.05, 0.1) is 0 Å². The van der Waals surface area contributed by atoms with E-state index in [4.69, 9.17) is 5.11 Å². The third-order valence-electron chi connectivity index (χ3n) is 3.95. The topological polar surface area (TPSA) is 49.8 Å². The van der Waals surface area contributed by atoms with Crippen molar-refractivity contribution in [3.05, 3.63) is 29.8 Å². The normalized spacial score (nSPS) is 19.3. The van der Waals surface area contributed by atoms with Crippen LogP contribution >= 0.6 is 0 Å². The van der Waals surface area contributed by atoms with Crippen LogP contribution in [0.25, 0.3) is 0 Å². The molecular weight excluding hydrogens is 292 g/mol. The molecule has 1 aromatic rings. The van der Waals surface area contributed by atoms with Crippen LogP contribution in [0.1, 0.15) is 31.2 Å². The quantitative estimate of drug-likeness (QED) is 0.838. The monoisotopic (exact) mass is 313 g/mol. The first kappa shape index (κ1) is 16.7. The summed E-state index contributed by atoms with van der Waals surface area (Å²) in [4.78, 5) is 12.8. The average Bonchev–Trinajstić information content (AvgIpc) is 2.47. The van der Waals surface area contributed by atoms with Gasteiger partial charge in [0, 0.05) is 25.1 Å². The maximum absolute atomic E-state index is 12.4. The van der Waals surface area contributed by atoms with Crippen molar-refractivity contribution >= 4 is 5.97 Å². The van der Waals surface area contributed by atoms with Crippen LogP contribution in [-0.2, 0) is 11.3 Å². The number of aliphatic carboxylic acids is 1. The van der Waals surface area contributed by atoms with E-state index >= 15 is 0 Å². The van der Waals surface area contributed by atoms with Crippen molar-refractivity contribution in [1.82, 2.24) is 4.90 Å². The summed E-state index contributed by atoms with van der Waals surface area (Å²) in [6.07, 6.45) is 2.88. The number of carbonyl (C=O) groups is 1. The fourth-order valence-electron chi connectivity index (χ4n) is 2.94. The van der Waals surface area contributed by atoms with Gasteiger partial charge in [0.1, 0.15) is 5.75 Å². The fourth-order valence-corrected chi connectivity index (χ4v) is 2.94. The first-order valence-corrected chi connectivity index (χ1v) is 7.51. The zero-order chi connectivity index (χ0) is 15.9. The third kappa shape index (κ3) is 5.26. The Morgan fingerprint density at radius 1 is 1.41 bits per heavy atom. The third-order valence-corrected chi connectivity index (χ3v) is 3.95.